The lowest BCUT2D eigenvalue weighted by Crippen LogP contribution is -2.52. The molecular weight excluding hydrogens is 337 g/mol. The molecule has 6 nitrogen and oxygen atoms in total. The van der Waals surface area contributed by atoms with Gasteiger partial charge in [-0.1, -0.05) is 0 Å². The zero-order chi connectivity index (χ0) is 17.8. The van der Waals surface area contributed by atoms with Crippen molar-refractivity contribution < 1.29 is 40.8 Å². The molecule has 0 amide bonds. The van der Waals surface area contributed by atoms with E-state index in [1.54, 1.807) is 0 Å². The van der Waals surface area contributed by atoms with Crippen molar-refractivity contribution in [3.63, 3.8) is 0 Å². The van der Waals surface area contributed by atoms with Gasteiger partial charge in [0.15, 0.2) is 11.6 Å². The lowest BCUT2D eigenvalue weighted by atomic mass is 10.2. The van der Waals surface area contributed by atoms with Crippen molar-refractivity contribution in [2.45, 2.75) is 26.8 Å². The van der Waals surface area contributed by atoms with Crippen LogP contribution >= 0.6 is 0 Å². The van der Waals surface area contributed by atoms with Crippen molar-refractivity contribution in [1.82, 2.24) is 0 Å². The number of hydrogen-bond donors (Lipinski definition) is 0. The van der Waals surface area contributed by atoms with Gasteiger partial charge >= 0.3 is 8.80 Å². The Morgan fingerprint density at radius 2 is 1.22 bits per heavy atom. The predicted molar refractivity (Wildman–Crippen MR) is 71.1 cm³/mol. The Morgan fingerprint density at radius 3 is 1.61 bits per heavy atom. The molecule has 0 unspecified atom stereocenters. The van der Waals surface area contributed by atoms with E-state index in [1.807, 2.05) is 0 Å². The molecule has 0 radical (unpaired) electrons. The number of rotatable bonds is 5. The highest BCUT2D eigenvalue weighted by molar-refractivity contribution is 6.65. The molecule has 0 saturated heterocycles. The summed E-state index contributed by atoms with van der Waals surface area (Å²) in [4.78, 5) is 33.7. The molecule has 0 aromatic heterocycles. The van der Waals surface area contributed by atoms with Crippen LogP contribution in [0.5, 0.6) is 0 Å². The fourth-order valence-corrected chi connectivity index (χ4v) is 4.15. The van der Waals surface area contributed by atoms with Gasteiger partial charge in [0, 0.05) is 26.8 Å². The molecule has 0 N–H and O–H groups in total. The Balaban J connectivity index is 3.31. The SMILES string of the molecule is CC(=O)O[Si](Cc1cc(F)c(F)cc1F)(OC(C)=O)OC(C)=O. The summed E-state index contributed by atoms with van der Waals surface area (Å²) in [6.07, 6.45) is 0. The van der Waals surface area contributed by atoms with Gasteiger partial charge < -0.3 is 13.3 Å². The average molecular weight is 350 g/mol. The molecule has 0 heterocycles. The molecule has 0 atom stereocenters. The second kappa shape index (κ2) is 7.27. The monoisotopic (exact) mass is 350 g/mol. The van der Waals surface area contributed by atoms with Crippen LogP contribution in [0.3, 0.4) is 0 Å². The quantitative estimate of drug-likeness (QED) is 0.595. The molecule has 0 saturated carbocycles. The van der Waals surface area contributed by atoms with Gasteiger partial charge in [0.1, 0.15) is 5.82 Å². The second-order valence-electron chi connectivity index (χ2n) is 4.50. The summed E-state index contributed by atoms with van der Waals surface area (Å²) in [6, 6.07) is 0.0524. The summed E-state index contributed by atoms with van der Waals surface area (Å²) in [5.74, 6) is -6.83. The highest BCUT2D eigenvalue weighted by Gasteiger charge is 2.52. The third-order valence-electron chi connectivity index (χ3n) is 2.39. The van der Waals surface area contributed by atoms with Crippen molar-refractivity contribution >= 4 is 26.7 Å². The third kappa shape index (κ3) is 5.40. The maximum atomic E-state index is 13.8. The van der Waals surface area contributed by atoms with Gasteiger partial charge in [-0.25, -0.2) is 13.2 Å². The van der Waals surface area contributed by atoms with E-state index in [2.05, 4.69) is 0 Å². The van der Waals surface area contributed by atoms with E-state index in [9.17, 15) is 27.6 Å². The highest BCUT2D eigenvalue weighted by atomic mass is 28.4. The fourth-order valence-electron chi connectivity index (χ4n) is 1.76. The van der Waals surface area contributed by atoms with Gasteiger partial charge in [0.2, 0.25) is 0 Å². The highest BCUT2D eigenvalue weighted by Crippen LogP contribution is 2.22. The van der Waals surface area contributed by atoms with Gasteiger partial charge in [-0.05, 0) is 11.6 Å². The van der Waals surface area contributed by atoms with E-state index in [1.165, 1.54) is 0 Å². The minimum absolute atomic E-state index is 0.277. The first-order chi connectivity index (χ1) is 10.5. The molecule has 1 aromatic rings. The molecule has 0 spiro atoms. The molecular formula is C13H13F3O6Si. The van der Waals surface area contributed by atoms with E-state index in [0.29, 0.717) is 6.07 Å². The van der Waals surface area contributed by atoms with Crippen LogP contribution in [0.15, 0.2) is 12.1 Å². The zero-order valence-corrected chi connectivity index (χ0v) is 13.4. The van der Waals surface area contributed by atoms with Gasteiger partial charge in [-0.2, -0.15) is 0 Å². The zero-order valence-electron chi connectivity index (χ0n) is 12.4. The molecule has 0 aliphatic rings. The van der Waals surface area contributed by atoms with E-state index in [0.717, 1.165) is 20.8 Å². The summed E-state index contributed by atoms with van der Waals surface area (Å²) >= 11 is 0. The Hall–Kier alpha value is -2.36. The molecule has 0 bridgehead atoms. The maximum Gasteiger partial charge on any atom is 0.709 e. The predicted octanol–water partition coefficient (Wildman–Crippen LogP) is 1.81. The van der Waals surface area contributed by atoms with Gasteiger partial charge in [-0.15, -0.1) is 0 Å². The molecule has 10 heteroatoms. The average Bonchev–Trinajstić information content (AvgIpc) is 2.32. The van der Waals surface area contributed by atoms with Crippen molar-refractivity contribution in [1.29, 1.82) is 0 Å². The summed E-state index contributed by atoms with van der Waals surface area (Å²) in [6.45, 7) is 2.86. The van der Waals surface area contributed by atoms with Gasteiger partial charge in [0.05, 0.1) is 6.04 Å². The Bertz CT molecular complexity index is 608. The second-order valence-corrected chi connectivity index (χ2v) is 6.83. The summed E-state index contributed by atoms with van der Waals surface area (Å²) in [7, 11) is -4.38. The van der Waals surface area contributed by atoms with Crippen LogP contribution in [0.4, 0.5) is 13.2 Å². The van der Waals surface area contributed by atoms with Crippen molar-refractivity contribution in [3.05, 3.63) is 35.1 Å². The topological polar surface area (TPSA) is 78.9 Å². The molecule has 1 aromatic carbocycles. The van der Waals surface area contributed by atoms with E-state index in [4.69, 9.17) is 13.3 Å². The molecule has 1 rings (SSSR count). The molecule has 0 aliphatic carbocycles. The number of halogens is 3. The first-order valence-corrected chi connectivity index (χ1v) is 8.20. The van der Waals surface area contributed by atoms with Gasteiger partial charge in [-0.3, -0.25) is 14.4 Å². The normalized spacial score (nSPS) is 10.9. The largest absolute Gasteiger partial charge is 0.709 e. The molecule has 23 heavy (non-hydrogen) atoms. The van der Waals surface area contributed by atoms with Crippen LogP contribution in [0, 0.1) is 17.5 Å². The molecule has 126 valence electrons. The van der Waals surface area contributed by atoms with E-state index >= 15 is 0 Å². The lowest BCUT2D eigenvalue weighted by Gasteiger charge is -2.26. The van der Waals surface area contributed by atoms with Crippen LogP contribution in [0.1, 0.15) is 26.3 Å². The Kier molecular flexibility index (Phi) is 5.90. The number of carbonyl (C=O) groups excluding carboxylic acids is 3. The van der Waals surface area contributed by atoms with E-state index < -0.39 is 55.8 Å². The Labute approximate surface area is 130 Å². The van der Waals surface area contributed by atoms with Crippen LogP contribution < -0.4 is 0 Å². The summed E-state index contributed by atoms with van der Waals surface area (Å²) < 4.78 is 54.5. The lowest BCUT2D eigenvalue weighted by molar-refractivity contribution is -0.147. The third-order valence-corrected chi connectivity index (χ3v) is 5.00. The molecule has 0 aliphatic heterocycles. The van der Waals surface area contributed by atoms with E-state index in [-0.39, 0.29) is 6.07 Å². The minimum Gasteiger partial charge on any atom is -0.455 e. The standard InChI is InChI=1S/C13H13F3O6Si/c1-7(17)20-23(21-8(2)18,22-9(3)19)6-10-4-12(15)13(16)5-11(10)14/h4-5H,6H2,1-3H3. The Morgan fingerprint density at radius 1 is 0.826 bits per heavy atom. The molecule has 0 fully saturated rings. The van der Waals surface area contributed by atoms with Gasteiger partial charge in [0.25, 0.3) is 17.9 Å². The van der Waals surface area contributed by atoms with Crippen molar-refractivity contribution in [2.75, 3.05) is 0 Å². The van der Waals surface area contributed by atoms with Crippen LogP contribution in [0.25, 0.3) is 0 Å². The summed E-state index contributed by atoms with van der Waals surface area (Å²) in [5.41, 5.74) is -0.473. The van der Waals surface area contributed by atoms with Crippen LogP contribution in [0.2, 0.25) is 0 Å². The maximum absolute atomic E-state index is 13.8. The first kappa shape index (κ1) is 18.7. The minimum atomic E-state index is -4.38. The van der Waals surface area contributed by atoms with Crippen molar-refractivity contribution in [3.8, 4) is 0 Å². The fraction of sp³-hybridized carbons (Fsp3) is 0.308. The number of benzene rings is 1. The number of hydrogen-bond acceptors (Lipinski definition) is 6. The number of carbonyl (C=O) groups is 3. The first-order valence-electron chi connectivity index (χ1n) is 6.27. The smallest absolute Gasteiger partial charge is 0.455 e. The summed E-state index contributed by atoms with van der Waals surface area (Å²) in [5, 5.41) is 0. The van der Waals surface area contributed by atoms with Crippen LogP contribution in [-0.4, -0.2) is 26.7 Å². The van der Waals surface area contributed by atoms with Crippen molar-refractivity contribution in [2.24, 2.45) is 0 Å². The van der Waals surface area contributed by atoms with Crippen LogP contribution in [-0.2, 0) is 33.7 Å².